The van der Waals surface area contributed by atoms with Crippen LogP contribution in [0.4, 0.5) is 28.4 Å². The molecule has 5 nitrogen and oxygen atoms in total. The van der Waals surface area contributed by atoms with E-state index in [1.165, 1.54) is 0 Å². The highest BCUT2D eigenvalue weighted by Gasteiger charge is 2.35. The molecule has 1 aromatic heterocycles. The minimum atomic E-state index is 0.0158. The Morgan fingerprint density at radius 3 is 2.34 bits per heavy atom. The molecule has 0 saturated heterocycles. The molecule has 0 saturated carbocycles. The number of para-hydroxylation sites is 1. The van der Waals surface area contributed by atoms with Gasteiger partial charge >= 0.3 is 0 Å². The van der Waals surface area contributed by atoms with Gasteiger partial charge in [-0.05, 0) is 37.6 Å². The summed E-state index contributed by atoms with van der Waals surface area (Å²) in [7, 11) is 2.02. The van der Waals surface area contributed by atoms with E-state index in [2.05, 4.69) is 51.5 Å². The SMILES string of the molecule is [C-]#[N+]c1cc2c(cc1[N+]#[C-])N(c1c(C)ccc3c1oc1ccccc13)[C@@H](C)N2C. The number of benzene rings is 3. The predicted molar refractivity (Wildman–Crippen MR) is 117 cm³/mol. The summed E-state index contributed by atoms with van der Waals surface area (Å²) in [5.74, 6) is 0. The number of fused-ring (bicyclic) bond motifs is 4. The van der Waals surface area contributed by atoms with Crippen molar-refractivity contribution in [2.75, 3.05) is 16.8 Å². The van der Waals surface area contributed by atoms with Crippen LogP contribution in [0, 0.1) is 20.1 Å². The van der Waals surface area contributed by atoms with Gasteiger partial charge in [-0.3, -0.25) is 9.69 Å². The summed E-state index contributed by atoms with van der Waals surface area (Å²) in [6.07, 6.45) is 0.0158. The molecular formula is C24H18N4O. The van der Waals surface area contributed by atoms with Gasteiger partial charge in [-0.15, -0.1) is 0 Å². The van der Waals surface area contributed by atoms with E-state index in [1.54, 1.807) is 0 Å². The second-order valence-electron chi connectivity index (χ2n) is 7.37. The van der Waals surface area contributed by atoms with Crippen LogP contribution >= 0.6 is 0 Å². The monoisotopic (exact) mass is 378 g/mol. The molecule has 0 spiro atoms. The van der Waals surface area contributed by atoms with E-state index in [9.17, 15) is 0 Å². The molecule has 0 radical (unpaired) electrons. The second-order valence-corrected chi connectivity index (χ2v) is 7.37. The fourth-order valence-corrected chi connectivity index (χ4v) is 4.26. The van der Waals surface area contributed by atoms with Crippen LogP contribution < -0.4 is 9.80 Å². The van der Waals surface area contributed by atoms with Gasteiger partial charge in [0.15, 0.2) is 17.0 Å². The molecule has 0 fully saturated rings. The molecule has 140 valence electrons. The van der Waals surface area contributed by atoms with Gasteiger partial charge in [-0.25, -0.2) is 0 Å². The van der Waals surface area contributed by atoms with Gasteiger partial charge in [0.2, 0.25) is 0 Å². The van der Waals surface area contributed by atoms with Gasteiger partial charge in [0.25, 0.3) is 0 Å². The second kappa shape index (κ2) is 6.02. The van der Waals surface area contributed by atoms with Crippen molar-refractivity contribution >= 4 is 50.4 Å². The average molecular weight is 378 g/mol. The van der Waals surface area contributed by atoms with Crippen LogP contribution in [0.25, 0.3) is 31.6 Å². The zero-order valence-electron chi connectivity index (χ0n) is 16.4. The van der Waals surface area contributed by atoms with Crippen molar-refractivity contribution in [1.29, 1.82) is 0 Å². The molecule has 0 N–H and O–H groups in total. The van der Waals surface area contributed by atoms with Crippen molar-refractivity contribution in [3.63, 3.8) is 0 Å². The first-order valence-electron chi connectivity index (χ1n) is 9.41. The molecule has 1 atom stereocenters. The van der Waals surface area contributed by atoms with Crippen LogP contribution in [0.3, 0.4) is 0 Å². The third-order valence-corrected chi connectivity index (χ3v) is 5.85. The normalized spacial score (nSPS) is 15.6. The van der Waals surface area contributed by atoms with Gasteiger partial charge in [0.05, 0.1) is 24.5 Å². The van der Waals surface area contributed by atoms with Crippen LogP contribution in [-0.4, -0.2) is 13.2 Å². The van der Waals surface area contributed by atoms with Gasteiger partial charge < -0.3 is 14.2 Å². The molecule has 5 rings (SSSR count). The quantitative estimate of drug-likeness (QED) is 0.336. The number of rotatable bonds is 1. The molecule has 0 aliphatic carbocycles. The summed E-state index contributed by atoms with van der Waals surface area (Å²) in [5.41, 5.74) is 6.45. The number of furan rings is 1. The molecule has 29 heavy (non-hydrogen) atoms. The Morgan fingerprint density at radius 1 is 0.931 bits per heavy atom. The summed E-state index contributed by atoms with van der Waals surface area (Å²) < 4.78 is 6.31. The van der Waals surface area contributed by atoms with Crippen LogP contribution in [-0.2, 0) is 0 Å². The van der Waals surface area contributed by atoms with Crippen LogP contribution in [0.1, 0.15) is 12.5 Å². The zero-order valence-corrected chi connectivity index (χ0v) is 16.4. The summed E-state index contributed by atoms with van der Waals surface area (Å²) in [6.45, 7) is 19.1. The molecule has 0 amide bonds. The molecule has 4 aromatic rings. The number of aryl methyl sites for hydroxylation is 1. The maximum absolute atomic E-state index is 7.50. The highest BCUT2D eigenvalue weighted by Crippen LogP contribution is 2.51. The third kappa shape index (κ3) is 2.25. The Hall–Kier alpha value is -3.96. The molecule has 3 aromatic carbocycles. The number of anilines is 3. The van der Waals surface area contributed by atoms with Crippen molar-refractivity contribution in [3.8, 4) is 0 Å². The topological polar surface area (TPSA) is 28.3 Å². The Kier molecular flexibility index (Phi) is 3.56. The summed E-state index contributed by atoms with van der Waals surface area (Å²) in [6, 6.07) is 15.9. The van der Waals surface area contributed by atoms with Crippen molar-refractivity contribution in [2.24, 2.45) is 0 Å². The number of nitrogens with zero attached hydrogens (tertiary/aromatic N) is 4. The molecule has 0 unspecified atom stereocenters. The van der Waals surface area contributed by atoms with Gasteiger partial charge in [0, 0.05) is 23.5 Å². The molecule has 1 aliphatic heterocycles. The average Bonchev–Trinajstić information content (AvgIpc) is 3.23. The number of hydrogen-bond acceptors (Lipinski definition) is 3. The van der Waals surface area contributed by atoms with E-state index in [1.807, 2.05) is 37.4 Å². The van der Waals surface area contributed by atoms with Crippen molar-refractivity contribution in [3.05, 3.63) is 76.9 Å². The highest BCUT2D eigenvalue weighted by atomic mass is 16.3. The van der Waals surface area contributed by atoms with E-state index < -0.39 is 0 Å². The van der Waals surface area contributed by atoms with Crippen molar-refractivity contribution in [1.82, 2.24) is 0 Å². The summed E-state index contributed by atoms with van der Waals surface area (Å²) in [5, 5.41) is 2.17. The van der Waals surface area contributed by atoms with E-state index in [0.29, 0.717) is 11.4 Å². The number of hydrogen-bond donors (Lipinski definition) is 0. The van der Waals surface area contributed by atoms with E-state index >= 15 is 0 Å². The minimum absolute atomic E-state index is 0.0158. The van der Waals surface area contributed by atoms with Crippen LogP contribution in [0.5, 0.6) is 0 Å². The molecule has 5 heteroatoms. The smallest absolute Gasteiger partial charge is 0.196 e. The van der Waals surface area contributed by atoms with Gasteiger partial charge in [-0.1, -0.05) is 30.3 Å². The molecule has 1 aliphatic rings. The summed E-state index contributed by atoms with van der Waals surface area (Å²) >= 11 is 0. The first-order valence-corrected chi connectivity index (χ1v) is 9.41. The Morgan fingerprint density at radius 2 is 1.62 bits per heavy atom. The lowest BCUT2D eigenvalue weighted by Crippen LogP contribution is -2.36. The Bertz CT molecular complexity index is 1390. The van der Waals surface area contributed by atoms with Crippen LogP contribution in [0.15, 0.2) is 52.9 Å². The molecule has 0 bridgehead atoms. The first-order chi connectivity index (χ1) is 14.0. The maximum Gasteiger partial charge on any atom is 0.196 e. The lowest BCUT2D eigenvalue weighted by molar-refractivity contribution is 0.661. The predicted octanol–water partition coefficient (Wildman–Crippen LogP) is 6.93. The Balaban J connectivity index is 1.84. The highest BCUT2D eigenvalue weighted by molar-refractivity contribution is 6.11. The fraction of sp³-hybridized carbons (Fsp3) is 0.167. The zero-order chi connectivity index (χ0) is 20.3. The first kappa shape index (κ1) is 17.2. The van der Waals surface area contributed by atoms with Crippen molar-refractivity contribution < 1.29 is 4.42 Å². The lowest BCUT2D eigenvalue weighted by Gasteiger charge is -2.29. The molecule has 2 heterocycles. The maximum atomic E-state index is 7.50. The van der Waals surface area contributed by atoms with E-state index in [-0.39, 0.29) is 6.17 Å². The van der Waals surface area contributed by atoms with Gasteiger partial charge in [0.1, 0.15) is 11.7 Å². The minimum Gasteiger partial charge on any atom is -0.454 e. The third-order valence-electron chi connectivity index (χ3n) is 5.85. The van der Waals surface area contributed by atoms with Gasteiger partial charge in [-0.2, -0.15) is 0 Å². The van der Waals surface area contributed by atoms with E-state index in [0.717, 1.165) is 44.6 Å². The summed E-state index contributed by atoms with van der Waals surface area (Å²) in [4.78, 5) is 11.5. The Labute approximate surface area is 169 Å². The van der Waals surface area contributed by atoms with Crippen LogP contribution in [0.2, 0.25) is 0 Å². The lowest BCUT2D eigenvalue weighted by atomic mass is 10.1. The fourth-order valence-electron chi connectivity index (χ4n) is 4.26. The standard InChI is InChI=1S/C24H18N4O/c1-14-10-11-17-16-8-6-7-9-22(16)29-24(17)23(14)28-15(2)27(5)20-12-18(25-3)19(26-4)13-21(20)28/h6-13,15H,1-2,5H3/t15-/m0/s1. The largest absolute Gasteiger partial charge is 0.454 e. The van der Waals surface area contributed by atoms with Crippen molar-refractivity contribution in [2.45, 2.75) is 20.0 Å². The molecular weight excluding hydrogens is 360 g/mol. The van der Waals surface area contributed by atoms with E-state index in [4.69, 9.17) is 17.6 Å².